The van der Waals surface area contributed by atoms with Crippen molar-refractivity contribution in [3.63, 3.8) is 0 Å². The Balaban J connectivity index is 1.72. The molecule has 2 aromatic carbocycles. The minimum Gasteiger partial charge on any atom is -0.494 e. The molecule has 0 spiro atoms. The number of benzene rings is 2. The maximum absolute atomic E-state index is 12.2. The Morgan fingerprint density at radius 3 is 2.33 bits per heavy atom. The molecule has 0 aliphatic heterocycles. The Labute approximate surface area is 141 Å². The van der Waals surface area contributed by atoms with Crippen LogP contribution in [0.1, 0.15) is 22.3 Å². The molecule has 0 atom stereocenters. The molecule has 0 saturated carbocycles. The van der Waals surface area contributed by atoms with Crippen molar-refractivity contribution in [1.82, 2.24) is 4.90 Å². The molecular formula is C19H21NO4. The number of carboxylic acids is 1. The molecule has 0 fully saturated rings. The van der Waals surface area contributed by atoms with Crippen LogP contribution >= 0.6 is 0 Å². The molecule has 0 heterocycles. The second kappa shape index (κ2) is 8.72. The zero-order valence-electron chi connectivity index (χ0n) is 13.6. The molecular weight excluding hydrogens is 306 g/mol. The lowest BCUT2D eigenvalue weighted by Gasteiger charge is -2.17. The Morgan fingerprint density at radius 2 is 1.71 bits per heavy atom. The van der Waals surface area contributed by atoms with E-state index in [9.17, 15) is 9.59 Å². The molecule has 0 aromatic heterocycles. The van der Waals surface area contributed by atoms with Crippen molar-refractivity contribution < 1.29 is 19.4 Å². The van der Waals surface area contributed by atoms with Gasteiger partial charge < -0.3 is 14.7 Å². The largest absolute Gasteiger partial charge is 0.494 e. The van der Waals surface area contributed by atoms with Crippen molar-refractivity contribution in [3.8, 4) is 5.75 Å². The van der Waals surface area contributed by atoms with E-state index in [-0.39, 0.29) is 17.9 Å². The van der Waals surface area contributed by atoms with E-state index in [0.29, 0.717) is 13.2 Å². The number of likely N-dealkylation sites (N-methyl/N-ethyl adjacent to an activating group) is 1. The molecule has 0 unspecified atom stereocenters. The number of carbonyl (C=O) groups excluding carboxylic acids is 1. The SMILES string of the molecule is CN(CCCOc1ccccc1)C(=O)Cc1ccc(C(=O)O)cc1. The normalized spacial score (nSPS) is 10.2. The summed E-state index contributed by atoms with van der Waals surface area (Å²) in [4.78, 5) is 24.6. The van der Waals surface area contributed by atoms with E-state index in [1.807, 2.05) is 30.3 Å². The third kappa shape index (κ3) is 5.43. The number of para-hydroxylation sites is 1. The van der Waals surface area contributed by atoms with Crippen LogP contribution in [0.3, 0.4) is 0 Å². The van der Waals surface area contributed by atoms with Crippen LogP contribution in [0.4, 0.5) is 0 Å². The number of carbonyl (C=O) groups is 2. The summed E-state index contributed by atoms with van der Waals surface area (Å²) in [6.45, 7) is 1.16. The molecule has 1 N–H and O–H groups in total. The second-order valence-electron chi connectivity index (χ2n) is 5.51. The Morgan fingerprint density at radius 1 is 1.04 bits per heavy atom. The first kappa shape index (κ1) is 17.5. The number of ether oxygens (including phenoxy) is 1. The van der Waals surface area contributed by atoms with Crippen LogP contribution in [-0.4, -0.2) is 42.1 Å². The van der Waals surface area contributed by atoms with E-state index >= 15 is 0 Å². The molecule has 0 aliphatic carbocycles. The lowest BCUT2D eigenvalue weighted by Crippen LogP contribution is -2.30. The van der Waals surface area contributed by atoms with Gasteiger partial charge in [-0.1, -0.05) is 30.3 Å². The molecule has 5 heteroatoms. The van der Waals surface area contributed by atoms with Crippen LogP contribution in [0.15, 0.2) is 54.6 Å². The number of nitrogens with zero attached hydrogens (tertiary/aromatic N) is 1. The van der Waals surface area contributed by atoms with Gasteiger partial charge in [-0.15, -0.1) is 0 Å². The summed E-state index contributed by atoms with van der Waals surface area (Å²) >= 11 is 0. The van der Waals surface area contributed by atoms with Crippen LogP contribution in [0.25, 0.3) is 0 Å². The molecule has 0 bridgehead atoms. The van der Waals surface area contributed by atoms with Gasteiger partial charge in [-0.3, -0.25) is 4.79 Å². The first-order valence-electron chi connectivity index (χ1n) is 7.80. The van der Waals surface area contributed by atoms with Crippen LogP contribution in [-0.2, 0) is 11.2 Å². The summed E-state index contributed by atoms with van der Waals surface area (Å²) in [7, 11) is 1.76. The smallest absolute Gasteiger partial charge is 0.335 e. The van der Waals surface area contributed by atoms with Crippen molar-refractivity contribution in [2.45, 2.75) is 12.8 Å². The summed E-state index contributed by atoms with van der Waals surface area (Å²) in [5.41, 5.74) is 1.02. The maximum Gasteiger partial charge on any atom is 0.335 e. The highest BCUT2D eigenvalue weighted by Crippen LogP contribution is 2.09. The van der Waals surface area contributed by atoms with Gasteiger partial charge in [-0.25, -0.2) is 4.79 Å². The standard InChI is InChI=1S/C19H21NO4/c1-20(12-5-13-24-17-6-3-2-4-7-17)18(21)14-15-8-10-16(11-9-15)19(22)23/h2-4,6-11H,5,12-14H2,1H3,(H,22,23). The van der Waals surface area contributed by atoms with Crippen LogP contribution < -0.4 is 4.74 Å². The van der Waals surface area contributed by atoms with Crippen molar-refractivity contribution in [2.75, 3.05) is 20.2 Å². The van der Waals surface area contributed by atoms with E-state index in [1.165, 1.54) is 12.1 Å². The van der Waals surface area contributed by atoms with Crippen molar-refractivity contribution in [1.29, 1.82) is 0 Å². The number of aromatic carboxylic acids is 1. The first-order chi connectivity index (χ1) is 11.6. The van der Waals surface area contributed by atoms with Crippen molar-refractivity contribution in [3.05, 3.63) is 65.7 Å². The predicted molar refractivity (Wildman–Crippen MR) is 91.3 cm³/mol. The predicted octanol–water partition coefficient (Wildman–Crippen LogP) is 2.85. The lowest BCUT2D eigenvalue weighted by atomic mass is 10.1. The van der Waals surface area contributed by atoms with Gasteiger partial charge in [0.25, 0.3) is 0 Å². The van der Waals surface area contributed by atoms with E-state index in [2.05, 4.69) is 0 Å². The van der Waals surface area contributed by atoms with Gasteiger partial charge in [0.15, 0.2) is 0 Å². The highest BCUT2D eigenvalue weighted by molar-refractivity contribution is 5.87. The quantitative estimate of drug-likeness (QED) is 0.757. The van der Waals surface area contributed by atoms with Gasteiger partial charge in [0, 0.05) is 13.6 Å². The van der Waals surface area contributed by atoms with E-state index < -0.39 is 5.97 Å². The summed E-state index contributed by atoms with van der Waals surface area (Å²) in [5.74, 6) is -0.147. The fourth-order valence-electron chi connectivity index (χ4n) is 2.21. The minimum absolute atomic E-state index is 0.00205. The van der Waals surface area contributed by atoms with Crippen LogP contribution in [0, 0.1) is 0 Å². The Kier molecular flexibility index (Phi) is 6.37. The number of amides is 1. The van der Waals surface area contributed by atoms with Gasteiger partial charge >= 0.3 is 5.97 Å². The van der Waals surface area contributed by atoms with E-state index in [1.54, 1.807) is 24.1 Å². The zero-order valence-corrected chi connectivity index (χ0v) is 13.6. The topological polar surface area (TPSA) is 66.8 Å². The van der Waals surface area contributed by atoms with Crippen molar-refractivity contribution >= 4 is 11.9 Å². The maximum atomic E-state index is 12.2. The molecule has 0 radical (unpaired) electrons. The molecule has 2 rings (SSSR count). The molecule has 2 aromatic rings. The van der Waals surface area contributed by atoms with Crippen LogP contribution in [0.2, 0.25) is 0 Å². The summed E-state index contributed by atoms with van der Waals surface area (Å²) in [5, 5.41) is 8.86. The summed E-state index contributed by atoms with van der Waals surface area (Å²) in [6.07, 6.45) is 1.00. The Bertz CT molecular complexity index is 668. The Hall–Kier alpha value is -2.82. The third-order valence-corrected chi connectivity index (χ3v) is 3.63. The monoisotopic (exact) mass is 327 g/mol. The van der Waals surface area contributed by atoms with Gasteiger partial charge in [-0.05, 0) is 36.2 Å². The third-order valence-electron chi connectivity index (χ3n) is 3.63. The average Bonchev–Trinajstić information content (AvgIpc) is 2.60. The highest BCUT2D eigenvalue weighted by Gasteiger charge is 2.10. The van der Waals surface area contributed by atoms with Gasteiger partial charge in [0.05, 0.1) is 18.6 Å². The van der Waals surface area contributed by atoms with E-state index in [4.69, 9.17) is 9.84 Å². The van der Waals surface area contributed by atoms with E-state index in [0.717, 1.165) is 17.7 Å². The van der Waals surface area contributed by atoms with Crippen LogP contribution in [0.5, 0.6) is 5.75 Å². The fourth-order valence-corrected chi connectivity index (χ4v) is 2.21. The second-order valence-corrected chi connectivity index (χ2v) is 5.51. The number of carboxylic acid groups (broad SMARTS) is 1. The summed E-state index contributed by atoms with van der Waals surface area (Å²) < 4.78 is 5.60. The molecule has 0 aliphatic rings. The molecule has 1 amide bonds. The molecule has 24 heavy (non-hydrogen) atoms. The molecule has 5 nitrogen and oxygen atoms in total. The minimum atomic E-state index is -0.969. The first-order valence-corrected chi connectivity index (χ1v) is 7.80. The fraction of sp³-hybridized carbons (Fsp3) is 0.263. The van der Waals surface area contributed by atoms with Gasteiger partial charge in [0.2, 0.25) is 5.91 Å². The molecule has 0 saturated heterocycles. The van der Waals surface area contributed by atoms with Gasteiger partial charge in [0.1, 0.15) is 5.75 Å². The molecule has 126 valence electrons. The van der Waals surface area contributed by atoms with Gasteiger partial charge in [-0.2, -0.15) is 0 Å². The lowest BCUT2D eigenvalue weighted by molar-refractivity contribution is -0.129. The van der Waals surface area contributed by atoms with Crippen molar-refractivity contribution in [2.24, 2.45) is 0 Å². The average molecular weight is 327 g/mol. The summed E-state index contributed by atoms with van der Waals surface area (Å²) in [6, 6.07) is 15.9. The number of hydrogen-bond donors (Lipinski definition) is 1. The zero-order chi connectivity index (χ0) is 17.4. The number of hydrogen-bond acceptors (Lipinski definition) is 3. The highest BCUT2D eigenvalue weighted by atomic mass is 16.5. The number of rotatable bonds is 8.